The summed E-state index contributed by atoms with van der Waals surface area (Å²) < 4.78 is 0. The lowest BCUT2D eigenvalue weighted by Gasteiger charge is -2.16. The van der Waals surface area contributed by atoms with Crippen LogP contribution in [-0.4, -0.2) is 44.0 Å². The predicted molar refractivity (Wildman–Crippen MR) is 112 cm³/mol. The molecule has 0 fully saturated rings. The van der Waals surface area contributed by atoms with E-state index in [4.69, 9.17) is 0 Å². The van der Waals surface area contributed by atoms with Gasteiger partial charge >= 0.3 is 0 Å². The maximum Gasteiger partial charge on any atom is 0.253 e. The molecular weight excluding hydrogens is 336 g/mol. The van der Waals surface area contributed by atoms with Crippen LogP contribution in [0.5, 0.6) is 0 Å². The Morgan fingerprint density at radius 2 is 1.70 bits per heavy atom. The van der Waals surface area contributed by atoms with Crippen molar-refractivity contribution in [3.05, 3.63) is 71.3 Å². The molecule has 0 aliphatic heterocycles. The van der Waals surface area contributed by atoms with Crippen LogP contribution in [0.1, 0.15) is 41.3 Å². The molecule has 0 aromatic heterocycles. The predicted octanol–water partition coefficient (Wildman–Crippen LogP) is 3.25. The van der Waals surface area contributed by atoms with Gasteiger partial charge in [0.2, 0.25) is 0 Å². The Bertz CT molecular complexity index is 739. The van der Waals surface area contributed by atoms with E-state index in [2.05, 4.69) is 53.7 Å². The molecule has 5 nitrogen and oxygen atoms in total. The van der Waals surface area contributed by atoms with Gasteiger partial charge in [0, 0.05) is 32.7 Å². The molecule has 2 aromatic carbocycles. The summed E-state index contributed by atoms with van der Waals surface area (Å²) in [5.41, 5.74) is 3.06. The summed E-state index contributed by atoms with van der Waals surface area (Å²) >= 11 is 0. The summed E-state index contributed by atoms with van der Waals surface area (Å²) in [5.74, 6) is 1.20. The number of hydrogen-bond acceptors (Lipinski definition) is 2. The van der Waals surface area contributed by atoms with Crippen LogP contribution >= 0.6 is 0 Å². The van der Waals surface area contributed by atoms with Gasteiger partial charge < -0.3 is 15.5 Å². The summed E-state index contributed by atoms with van der Waals surface area (Å²) in [4.78, 5) is 18.2. The molecule has 2 N–H and O–H groups in total. The summed E-state index contributed by atoms with van der Waals surface area (Å²) in [6.07, 6.45) is 0. The molecule has 0 bridgehead atoms. The van der Waals surface area contributed by atoms with Gasteiger partial charge in [-0.1, -0.05) is 49.4 Å². The molecule has 2 rings (SSSR count). The maximum atomic E-state index is 12.0. The number of nitrogens with zero attached hydrogens (tertiary/aromatic N) is 2. The minimum atomic E-state index is 0.00922. The molecule has 5 heteroatoms. The number of nitrogens with one attached hydrogen (secondary N) is 2. The Balaban J connectivity index is 1.95. The molecule has 2 aromatic rings. The maximum absolute atomic E-state index is 12.0. The molecule has 27 heavy (non-hydrogen) atoms. The summed E-state index contributed by atoms with van der Waals surface area (Å²) in [7, 11) is 3.51. The van der Waals surface area contributed by atoms with Crippen molar-refractivity contribution >= 4 is 11.9 Å². The van der Waals surface area contributed by atoms with Gasteiger partial charge in [-0.2, -0.15) is 0 Å². The van der Waals surface area contributed by atoms with Crippen molar-refractivity contribution in [3.63, 3.8) is 0 Å². The van der Waals surface area contributed by atoms with Crippen molar-refractivity contribution in [1.29, 1.82) is 0 Å². The van der Waals surface area contributed by atoms with Crippen molar-refractivity contribution in [2.24, 2.45) is 4.99 Å². The SMILES string of the molecule is CCNC(=NCc1ccc(C(=O)N(C)C)cc1)NCC(C)c1ccccc1. The Labute approximate surface area is 162 Å². The minimum absolute atomic E-state index is 0.00922. The zero-order chi connectivity index (χ0) is 19.6. The van der Waals surface area contributed by atoms with Gasteiger partial charge in [0.15, 0.2) is 5.96 Å². The Morgan fingerprint density at radius 3 is 2.30 bits per heavy atom. The molecule has 0 saturated carbocycles. The van der Waals surface area contributed by atoms with Gasteiger partial charge in [0.1, 0.15) is 0 Å². The van der Waals surface area contributed by atoms with E-state index >= 15 is 0 Å². The summed E-state index contributed by atoms with van der Waals surface area (Å²) in [6, 6.07) is 18.1. The van der Waals surface area contributed by atoms with Crippen molar-refractivity contribution in [1.82, 2.24) is 15.5 Å². The van der Waals surface area contributed by atoms with Crippen LogP contribution in [0.2, 0.25) is 0 Å². The lowest BCUT2D eigenvalue weighted by atomic mass is 10.0. The average Bonchev–Trinajstić information content (AvgIpc) is 2.70. The number of hydrogen-bond donors (Lipinski definition) is 2. The highest BCUT2D eigenvalue weighted by atomic mass is 16.2. The zero-order valence-corrected chi connectivity index (χ0v) is 16.7. The molecule has 0 heterocycles. The third-order valence-corrected chi connectivity index (χ3v) is 4.32. The van der Waals surface area contributed by atoms with Crippen molar-refractivity contribution in [2.45, 2.75) is 26.3 Å². The smallest absolute Gasteiger partial charge is 0.253 e. The first-order valence-electron chi connectivity index (χ1n) is 9.39. The number of benzene rings is 2. The van der Waals surface area contributed by atoms with Crippen LogP contribution in [0.4, 0.5) is 0 Å². The van der Waals surface area contributed by atoms with E-state index in [-0.39, 0.29) is 5.91 Å². The molecule has 144 valence electrons. The van der Waals surface area contributed by atoms with Crippen LogP contribution in [-0.2, 0) is 6.54 Å². The van der Waals surface area contributed by atoms with E-state index in [1.54, 1.807) is 19.0 Å². The molecule has 1 unspecified atom stereocenters. The number of rotatable bonds is 7. The molecule has 1 atom stereocenters. The van der Waals surface area contributed by atoms with E-state index in [1.165, 1.54) is 5.56 Å². The Morgan fingerprint density at radius 1 is 1.04 bits per heavy atom. The van der Waals surface area contributed by atoms with Gasteiger partial charge in [-0.3, -0.25) is 4.79 Å². The molecule has 0 spiro atoms. The van der Waals surface area contributed by atoms with Crippen molar-refractivity contribution in [3.8, 4) is 0 Å². The second-order valence-electron chi connectivity index (χ2n) is 6.78. The molecule has 0 saturated heterocycles. The van der Waals surface area contributed by atoms with Gasteiger partial charge in [0.05, 0.1) is 6.54 Å². The fourth-order valence-electron chi connectivity index (χ4n) is 2.67. The quantitative estimate of drug-likeness (QED) is 0.584. The molecule has 1 amide bonds. The lowest BCUT2D eigenvalue weighted by Crippen LogP contribution is -2.39. The normalized spacial score (nSPS) is 12.4. The number of amides is 1. The first kappa shape index (κ1) is 20.5. The largest absolute Gasteiger partial charge is 0.357 e. The molecule has 0 aliphatic rings. The zero-order valence-electron chi connectivity index (χ0n) is 16.7. The van der Waals surface area contributed by atoms with Crippen molar-refractivity contribution < 1.29 is 4.79 Å². The van der Waals surface area contributed by atoms with Crippen LogP contribution in [0, 0.1) is 0 Å². The summed E-state index contributed by atoms with van der Waals surface area (Å²) in [6.45, 7) is 6.44. The van der Waals surface area contributed by atoms with Gasteiger partial charge in [-0.05, 0) is 36.1 Å². The molecule has 0 radical (unpaired) electrons. The highest BCUT2D eigenvalue weighted by Gasteiger charge is 2.08. The second kappa shape index (κ2) is 10.4. The van der Waals surface area contributed by atoms with E-state index in [9.17, 15) is 4.79 Å². The first-order valence-corrected chi connectivity index (χ1v) is 9.39. The first-order chi connectivity index (χ1) is 13.0. The number of carbonyl (C=O) groups excluding carboxylic acids is 1. The lowest BCUT2D eigenvalue weighted by molar-refractivity contribution is 0.0827. The Hall–Kier alpha value is -2.82. The van der Waals surface area contributed by atoms with Crippen LogP contribution in [0.3, 0.4) is 0 Å². The number of carbonyl (C=O) groups is 1. The van der Waals surface area contributed by atoms with Gasteiger partial charge in [-0.15, -0.1) is 0 Å². The fraction of sp³-hybridized carbons (Fsp3) is 0.364. The Kier molecular flexibility index (Phi) is 7.86. The van der Waals surface area contributed by atoms with Crippen LogP contribution in [0.25, 0.3) is 0 Å². The number of aliphatic imine (C=N–C) groups is 1. The van der Waals surface area contributed by atoms with E-state index in [0.717, 1.165) is 24.6 Å². The monoisotopic (exact) mass is 366 g/mol. The fourth-order valence-corrected chi connectivity index (χ4v) is 2.67. The highest BCUT2D eigenvalue weighted by Crippen LogP contribution is 2.13. The van der Waals surface area contributed by atoms with Crippen LogP contribution in [0.15, 0.2) is 59.6 Å². The topological polar surface area (TPSA) is 56.7 Å². The van der Waals surface area contributed by atoms with Crippen molar-refractivity contribution in [2.75, 3.05) is 27.2 Å². The average molecular weight is 367 g/mol. The van der Waals surface area contributed by atoms with Gasteiger partial charge in [-0.25, -0.2) is 4.99 Å². The third-order valence-electron chi connectivity index (χ3n) is 4.32. The minimum Gasteiger partial charge on any atom is -0.357 e. The van der Waals surface area contributed by atoms with E-state index < -0.39 is 0 Å². The standard InChI is InChI=1S/C22H30N4O/c1-5-23-22(24-15-17(2)19-9-7-6-8-10-19)25-16-18-11-13-20(14-12-18)21(27)26(3)4/h6-14,17H,5,15-16H2,1-4H3,(H2,23,24,25). The highest BCUT2D eigenvalue weighted by molar-refractivity contribution is 5.93. The van der Waals surface area contributed by atoms with E-state index in [1.807, 2.05) is 30.3 Å². The van der Waals surface area contributed by atoms with Crippen LogP contribution < -0.4 is 10.6 Å². The second-order valence-corrected chi connectivity index (χ2v) is 6.78. The van der Waals surface area contributed by atoms with Gasteiger partial charge in [0.25, 0.3) is 5.91 Å². The molecule has 0 aliphatic carbocycles. The number of guanidine groups is 1. The molecular formula is C22H30N4O. The summed E-state index contributed by atoms with van der Waals surface area (Å²) in [5, 5.41) is 6.69. The van der Waals surface area contributed by atoms with E-state index in [0.29, 0.717) is 18.0 Å². The third kappa shape index (κ3) is 6.44.